The first-order chi connectivity index (χ1) is 11.1. The van der Waals surface area contributed by atoms with Gasteiger partial charge in [-0.25, -0.2) is 13.6 Å². The number of hydrogen-bond donors (Lipinski definition) is 3. The van der Waals surface area contributed by atoms with Gasteiger partial charge in [-0.15, -0.1) is 0 Å². The van der Waals surface area contributed by atoms with E-state index in [1.165, 1.54) is 0 Å². The Labute approximate surface area is 141 Å². The Morgan fingerprint density at radius 2 is 1.88 bits per heavy atom. The molecule has 24 heavy (non-hydrogen) atoms. The van der Waals surface area contributed by atoms with Crippen LogP contribution in [0.25, 0.3) is 0 Å². The van der Waals surface area contributed by atoms with E-state index in [0.29, 0.717) is 12.1 Å². The molecule has 1 amide bonds. The summed E-state index contributed by atoms with van der Waals surface area (Å²) in [5.41, 5.74) is -0.194. The van der Waals surface area contributed by atoms with Crippen molar-refractivity contribution in [2.45, 2.75) is 58.7 Å². The van der Waals surface area contributed by atoms with Crippen LogP contribution in [0.2, 0.25) is 0 Å². The molecule has 3 N–H and O–H groups in total. The Hall–Kier alpha value is -1.89. The maximum Gasteiger partial charge on any atom is 0.407 e. The number of hydrogen-bond acceptors (Lipinski definition) is 4. The van der Waals surface area contributed by atoms with Crippen LogP contribution in [-0.4, -0.2) is 29.4 Å². The van der Waals surface area contributed by atoms with Gasteiger partial charge in [0.1, 0.15) is 5.60 Å². The average molecular weight is 344 g/mol. The van der Waals surface area contributed by atoms with Gasteiger partial charge in [-0.1, -0.05) is 13.3 Å². The Morgan fingerprint density at radius 1 is 1.29 bits per heavy atom. The first-order valence-electron chi connectivity index (χ1n) is 7.99. The van der Waals surface area contributed by atoms with Crippen molar-refractivity contribution in [1.82, 2.24) is 10.6 Å². The van der Waals surface area contributed by atoms with Crippen molar-refractivity contribution < 1.29 is 23.4 Å². The van der Waals surface area contributed by atoms with Crippen LogP contribution >= 0.6 is 0 Å². The van der Waals surface area contributed by atoms with Crippen LogP contribution in [0.4, 0.5) is 13.6 Å². The van der Waals surface area contributed by atoms with Crippen LogP contribution in [0.3, 0.4) is 0 Å². The molecule has 0 fully saturated rings. The summed E-state index contributed by atoms with van der Waals surface area (Å²) in [6.45, 7) is 7.90. The van der Waals surface area contributed by atoms with E-state index in [0.717, 1.165) is 25.0 Å². The van der Waals surface area contributed by atoms with Gasteiger partial charge in [0.05, 0.1) is 0 Å². The first kappa shape index (κ1) is 20.2. The number of amides is 1. The molecule has 1 aromatic carbocycles. The number of nitrogens with one attached hydrogen (secondary N) is 2. The van der Waals surface area contributed by atoms with Crippen LogP contribution in [0.5, 0.6) is 5.75 Å². The smallest absolute Gasteiger partial charge is 0.407 e. The summed E-state index contributed by atoms with van der Waals surface area (Å²) in [5.74, 6) is -2.97. The molecule has 1 aromatic rings. The maximum absolute atomic E-state index is 13.3. The predicted octanol–water partition coefficient (Wildman–Crippen LogP) is 3.45. The Bertz CT molecular complexity index is 536. The topological polar surface area (TPSA) is 70.6 Å². The molecule has 0 aliphatic rings. The quantitative estimate of drug-likeness (QED) is 0.708. The number of carbonyl (C=O) groups excluding carboxylic acids is 1. The third kappa shape index (κ3) is 7.12. The molecule has 1 atom stereocenters. The van der Waals surface area contributed by atoms with Gasteiger partial charge in [-0.05, 0) is 44.9 Å². The van der Waals surface area contributed by atoms with E-state index in [9.17, 15) is 13.6 Å². The molecule has 0 saturated heterocycles. The molecule has 0 aliphatic heterocycles. The highest BCUT2D eigenvalue weighted by molar-refractivity contribution is 5.67. The molecule has 0 spiro atoms. The first-order valence-corrected chi connectivity index (χ1v) is 7.99. The molecule has 136 valence electrons. The van der Waals surface area contributed by atoms with Gasteiger partial charge >= 0.3 is 6.09 Å². The molecule has 0 aromatic heterocycles. The van der Waals surface area contributed by atoms with Crippen molar-refractivity contribution in [1.29, 1.82) is 0 Å². The van der Waals surface area contributed by atoms with Gasteiger partial charge < -0.3 is 20.5 Å². The molecular weight excluding hydrogens is 318 g/mol. The number of aromatic hydroxyl groups is 1. The van der Waals surface area contributed by atoms with Gasteiger partial charge in [0.15, 0.2) is 17.4 Å². The highest BCUT2D eigenvalue weighted by Crippen LogP contribution is 2.21. The lowest BCUT2D eigenvalue weighted by molar-refractivity contribution is 0.0521. The molecular formula is C17H26F2N2O3. The van der Waals surface area contributed by atoms with Gasteiger partial charge in [-0.3, -0.25) is 0 Å². The maximum atomic E-state index is 13.3. The fourth-order valence-corrected chi connectivity index (χ4v) is 2.13. The van der Waals surface area contributed by atoms with E-state index in [1.54, 1.807) is 20.8 Å². The van der Waals surface area contributed by atoms with Crippen molar-refractivity contribution >= 4 is 6.09 Å². The van der Waals surface area contributed by atoms with Crippen molar-refractivity contribution in [2.75, 3.05) is 6.54 Å². The highest BCUT2D eigenvalue weighted by atomic mass is 19.1. The summed E-state index contributed by atoms with van der Waals surface area (Å²) >= 11 is 0. The standard InChI is InChI=1S/C17H26F2N2O3/c1-5-6-12(10-21-16(23)24-17(2,3)4)20-9-11-7-13(18)15(22)14(19)8-11/h7-8,12,20,22H,5-6,9-10H2,1-4H3,(H,21,23). The predicted molar refractivity (Wildman–Crippen MR) is 87.8 cm³/mol. The van der Waals surface area contributed by atoms with E-state index in [2.05, 4.69) is 10.6 Å². The molecule has 5 nitrogen and oxygen atoms in total. The Balaban J connectivity index is 2.56. The third-order valence-electron chi connectivity index (χ3n) is 3.20. The van der Waals surface area contributed by atoms with Crippen molar-refractivity contribution in [3.05, 3.63) is 29.3 Å². The number of halogens is 2. The van der Waals surface area contributed by atoms with Crippen LogP contribution in [-0.2, 0) is 11.3 Å². The van der Waals surface area contributed by atoms with E-state index in [-0.39, 0.29) is 12.6 Å². The molecule has 1 unspecified atom stereocenters. The third-order valence-corrected chi connectivity index (χ3v) is 3.20. The van der Waals surface area contributed by atoms with Crippen LogP contribution in [0.15, 0.2) is 12.1 Å². The second-order valence-corrected chi connectivity index (χ2v) is 6.66. The van der Waals surface area contributed by atoms with Crippen molar-refractivity contribution in [3.8, 4) is 5.75 Å². The van der Waals surface area contributed by atoms with Crippen LogP contribution in [0, 0.1) is 11.6 Å². The summed E-state index contributed by atoms with van der Waals surface area (Å²) in [6, 6.07) is 2.09. The van der Waals surface area contributed by atoms with Crippen LogP contribution < -0.4 is 10.6 Å². The average Bonchev–Trinajstić information content (AvgIpc) is 2.45. The second-order valence-electron chi connectivity index (χ2n) is 6.66. The summed E-state index contributed by atoms with van der Waals surface area (Å²) in [5, 5.41) is 14.9. The van der Waals surface area contributed by atoms with Gasteiger partial charge in [-0.2, -0.15) is 0 Å². The lowest BCUT2D eigenvalue weighted by atomic mass is 10.1. The van der Waals surface area contributed by atoms with Crippen molar-refractivity contribution in [3.63, 3.8) is 0 Å². The SMILES string of the molecule is CCCC(CNC(=O)OC(C)(C)C)NCc1cc(F)c(O)c(F)c1. The van der Waals surface area contributed by atoms with E-state index < -0.39 is 29.1 Å². The molecule has 0 aliphatic carbocycles. The van der Waals surface area contributed by atoms with Gasteiger partial charge in [0, 0.05) is 19.1 Å². The lowest BCUT2D eigenvalue weighted by Gasteiger charge is -2.22. The summed E-state index contributed by atoms with van der Waals surface area (Å²) < 4.78 is 31.8. The zero-order chi connectivity index (χ0) is 18.3. The van der Waals surface area contributed by atoms with Gasteiger partial charge in [0.25, 0.3) is 0 Å². The number of phenols is 1. The molecule has 7 heteroatoms. The normalized spacial score (nSPS) is 12.8. The highest BCUT2D eigenvalue weighted by Gasteiger charge is 2.17. The monoisotopic (exact) mass is 344 g/mol. The number of carbonyl (C=O) groups is 1. The summed E-state index contributed by atoms with van der Waals surface area (Å²) in [4.78, 5) is 11.7. The van der Waals surface area contributed by atoms with E-state index in [4.69, 9.17) is 9.84 Å². The Morgan fingerprint density at radius 3 is 2.38 bits per heavy atom. The van der Waals surface area contributed by atoms with E-state index >= 15 is 0 Å². The molecule has 0 saturated carbocycles. The fraction of sp³-hybridized carbons (Fsp3) is 0.588. The summed E-state index contributed by atoms with van der Waals surface area (Å²) in [6.07, 6.45) is 1.15. The largest absolute Gasteiger partial charge is 0.503 e. The molecule has 0 bridgehead atoms. The minimum Gasteiger partial charge on any atom is -0.503 e. The minimum atomic E-state index is -0.995. The lowest BCUT2D eigenvalue weighted by Crippen LogP contribution is -2.42. The molecule has 0 heterocycles. The zero-order valence-corrected chi connectivity index (χ0v) is 14.6. The number of rotatable bonds is 7. The Kier molecular flexibility index (Phi) is 7.41. The molecule has 0 radical (unpaired) electrons. The second kappa shape index (κ2) is 8.82. The number of phenolic OH excluding ortho intramolecular Hbond substituents is 1. The number of alkyl carbamates (subject to hydrolysis) is 1. The zero-order valence-electron chi connectivity index (χ0n) is 14.6. The van der Waals surface area contributed by atoms with E-state index in [1.807, 2.05) is 6.92 Å². The van der Waals surface area contributed by atoms with Crippen LogP contribution in [0.1, 0.15) is 46.1 Å². The number of ether oxygens (including phenoxy) is 1. The minimum absolute atomic E-state index is 0.0672. The molecule has 1 rings (SSSR count). The van der Waals surface area contributed by atoms with Crippen molar-refractivity contribution in [2.24, 2.45) is 0 Å². The van der Waals surface area contributed by atoms with Gasteiger partial charge in [0.2, 0.25) is 0 Å². The number of benzene rings is 1. The fourth-order valence-electron chi connectivity index (χ4n) is 2.13. The summed E-state index contributed by atoms with van der Waals surface area (Å²) in [7, 11) is 0.